The Bertz CT molecular complexity index is 633. The first-order valence-corrected chi connectivity index (χ1v) is 6.57. The number of hydrogen-bond acceptors (Lipinski definition) is 4. The molecule has 0 fully saturated rings. The summed E-state index contributed by atoms with van der Waals surface area (Å²) in [6.45, 7) is -0.0654. The molecule has 0 aliphatic rings. The Morgan fingerprint density at radius 3 is 2.95 bits per heavy atom. The van der Waals surface area contributed by atoms with E-state index in [9.17, 15) is 4.39 Å². The molecule has 2 aromatic rings. The number of hydrogen-bond donors (Lipinski definition) is 1. The molecule has 1 N–H and O–H groups in total. The van der Waals surface area contributed by atoms with Crippen molar-refractivity contribution in [3.05, 3.63) is 47.0 Å². The van der Waals surface area contributed by atoms with Crippen molar-refractivity contribution in [1.29, 1.82) is 5.26 Å². The van der Waals surface area contributed by atoms with Crippen LogP contribution in [-0.2, 0) is 19.4 Å². The molecule has 0 aliphatic heterocycles. The third-order valence-electron chi connectivity index (χ3n) is 2.75. The van der Waals surface area contributed by atoms with Crippen LogP contribution in [0.25, 0.3) is 0 Å². The second-order valence-electron chi connectivity index (χ2n) is 3.95. The number of aliphatic hydroxyl groups is 1. The van der Waals surface area contributed by atoms with Gasteiger partial charge in [-0.05, 0) is 17.7 Å². The standard InChI is InChI=1S/C13H12FN3OS/c1-17-12(7-18)6-16-13(17)19-8-9-2-3-11(14)4-10(9)5-15/h2-4,6,18H,7-8H2,1H3. The van der Waals surface area contributed by atoms with Gasteiger partial charge in [0.05, 0.1) is 30.1 Å². The van der Waals surface area contributed by atoms with Crippen molar-refractivity contribution in [2.75, 3.05) is 0 Å². The summed E-state index contributed by atoms with van der Waals surface area (Å²) in [7, 11) is 1.82. The fraction of sp³-hybridized carbons (Fsp3) is 0.231. The van der Waals surface area contributed by atoms with E-state index < -0.39 is 5.82 Å². The van der Waals surface area contributed by atoms with Gasteiger partial charge in [-0.25, -0.2) is 9.37 Å². The molecule has 0 saturated carbocycles. The van der Waals surface area contributed by atoms with E-state index in [2.05, 4.69) is 4.98 Å². The number of halogens is 1. The monoisotopic (exact) mass is 277 g/mol. The SMILES string of the molecule is Cn1c(CO)cnc1SCc1ccc(F)cc1C#N. The van der Waals surface area contributed by atoms with Crippen molar-refractivity contribution in [3.8, 4) is 6.07 Å². The lowest BCUT2D eigenvalue weighted by molar-refractivity contribution is 0.271. The van der Waals surface area contributed by atoms with E-state index >= 15 is 0 Å². The van der Waals surface area contributed by atoms with Crippen molar-refractivity contribution in [1.82, 2.24) is 9.55 Å². The Hall–Kier alpha value is -1.84. The third-order valence-corrected chi connectivity index (χ3v) is 3.85. The second-order valence-corrected chi connectivity index (χ2v) is 4.89. The highest BCUT2D eigenvalue weighted by atomic mass is 32.2. The third kappa shape index (κ3) is 2.95. The van der Waals surface area contributed by atoms with Gasteiger partial charge < -0.3 is 9.67 Å². The topological polar surface area (TPSA) is 61.8 Å². The fourth-order valence-electron chi connectivity index (χ4n) is 1.63. The van der Waals surface area contributed by atoms with Crippen molar-refractivity contribution in [2.24, 2.45) is 7.05 Å². The Balaban J connectivity index is 2.15. The van der Waals surface area contributed by atoms with Crippen LogP contribution in [0.2, 0.25) is 0 Å². The number of imidazole rings is 1. The van der Waals surface area contributed by atoms with Crippen LogP contribution in [0.4, 0.5) is 4.39 Å². The summed E-state index contributed by atoms with van der Waals surface area (Å²) in [5, 5.41) is 18.8. The highest BCUT2D eigenvalue weighted by Crippen LogP contribution is 2.24. The van der Waals surface area contributed by atoms with Gasteiger partial charge in [0.25, 0.3) is 0 Å². The Morgan fingerprint density at radius 1 is 1.53 bits per heavy atom. The first kappa shape index (κ1) is 13.6. The van der Waals surface area contributed by atoms with Gasteiger partial charge in [-0.2, -0.15) is 5.26 Å². The smallest absolute Gasteiger partial charge is 0.168 e. The number of aromatic nitrogens is 2. The van der Waals surface area contributed by atoms with Gasteiger partial charge >= 0.3 is 0 Å². The average molecular weight is 277 g/mol. The second kappa shape index (κ2) is 5.87. The van der Waals surface area contributed by atoms with Crippen LogP contribution in [0.1, 0.15) is 16.8 Å². The number of thioether (sulfide) groups is 1. The molecular weight excluding hydrogens is 265 g/mol. The van der Waals surface area contributed by atoms with Crippen LogP contribution in [0.3, 0.4) is 0 Å². The van der Waals surface area contributed by atoms with Gasteiger partial charge in [-0.1, -0.05) is 17.8 Å². The quantitative estimate of drug-likeness (QED) is 0.870. The number of benzene rings is 1. The zero-order chi connectivity index (χ0) is 13.8. The van der Waals surface area contributed by atoms with Gasteiger partial charge in [0, 0.05) is 12.8 Å². The molecule has 0 unspecified atom stereocenters. The summed E-state index contributed by atoms with van der Waals surface area (Å²) >= 11 is 1.44. The summed E-state index contributed by atoms with van der Waals surface area (Å²) in [6, 6.07) is 6.16. The molecule has 1 heterocycles. The number of nitrogens with zero attached hydrogens (tertiary/aromatic N) is 3. The van der Waals surface area contributed by atoms with E-state index in [0.29, 0.717) is 11.3 Å². The summed E-state index contributed by atoms with van der Waals surface area (Å²) < 4.78 is 14.8. The minimum absolute atomic E-state index is 0.0654. The maximum absolute atomic E-state index is 13.0. The van der Waals surface area contributed by atoms with Crippen LogP contribution in [0.5, 0.6) is 0 Å². The molecule has 0 atom stereocenters. The van der Waals surface area contributed by atoms with Gasteiger partial charge in [0.2, 0.25) is 0 Å². The molecule has 0 radical (unpaired) electrons. The van der Waals surface area contributed by atoms with Gasteiger partial charge in [-0.3, -0.25) is 0 Å². The summed E-state index contributed by atoms with van der Waals surface area (Å²) in [5.41, 5.74) is 1.83. The summed E-state index contributed by atoms with van der Waals surface area (Å²) in [5.74, 6) is 0.115. The zero-order valence-corrected chi connectivity index (χ0v) is 11.1. The van der Waals surface area contributed by atoms with E-state index in [0.717, 1.165) is 16.4 Å². The molecule has 6 heteroatoms. The van der Waals surface area contributed by atoms with E-state index in [1.807, 2.05) is 13.1 Å². The first-order chi connectivity index (χ1) is 9.15. The van der Waals surface area contributed by atoms with Crippen LogP contribution in [-0.4, -0.2) is 14.7 Å². The van der Waals surface area contributed by atoms with E-state index in [4.69, 9.17) is 10.4 Å². The maximum Gasteiger partial charge on any atom is 0.168 e. The molecule has 0 spiro atoms. The lowest BCUT2D eigenvalue weighted by atomic mass is 10.1. The molecule has 0 bridgehead atoms. The minimum Gasteiger partial charge on any atom is -0.390 e. The van der Waals surface area contributed by atoms with Crippen LogP contribution >= 0.6 is 11.8 Å². The molecule has 0 saturated heterocycles. The van der Waals surface area contributed by atoms with E-state index in [1.54, 1.807) is 16.8 Å². The van der Waals surface area contributed by atoms with Crippen molar-refractivity contribution < 1.29 is 9.50 Å². The van der Waals surface area contributed by atoms with Crippen LogP contribution < -0.4 is 0 Å². The van der Waals surface area contributed by atoms with Crippen LogP contribution in [0.15, 0.2) is 29.6 Å². The molecule has 4 nitrogen and oxygen atoms in total. The van der Waals surface area contributed by atoms with Crippen LogP contribution in [0, 0.1) is 17.1 Å². The molecule has 0 amide bonds. The molecule has 2 rings (SSSR count). The summed E-state index contributed by atoms with van der Waals surface area (Å²) in [6.07, 6.45) is 1.61. The van der Waals surface area contributed by atoms with Gasteiger partial charge in [0.15, 0.2) is 5.16 Å². The minimum atomic E-state index is -0.412. The molecule has 98 valence electrons. The van der Waals surface area contributed by atoms with E-state index in [1.165, 1.54) is 23.9 Å². The predicted molar refractivity (Wildman–Crippen MR) is 69.8 cm³/mol. The Labute approximate surface area is 114 Å². The zero-order valence-electron chi connectivity index (χ0n) is 10.3. The molecule has 19 heavy (non-hydrogen) atoms. The molecule has 1 aromatic carbocycles. The number of rotatable bonds is 4. The normalized spacial score (nSPS) is 10.4. The Kier molecular flexibility index (Phi) is 4.20. The predicted octanol–water partition coefficient (Wildman–Crippen LogP) is 2.22. The Morgan fingerprint density at radius 2 is 2.32 bits per heavy atom. The van der Waals surface area contributed by atoms with Gasteiger partial charge in [0.1, 0.15) is 5.82 Å². The van der Waals surface area contributed by atoms with Gasteiger partial charge in [-0.15, -0.1) is 0 Å². The maximum atomic E-state index is 13.0. The lowest BCUT2D eigenvalue weighted by Crippen LogP contribution is -1.98. The van der Waals surface area contributed by atoms with Crippen molar-refractivity contribution in [2.45, 2.75) is 17.5 Å². The molecule has 1 aromatic heterocycles. The lowest BCUT2D eigenvalue weighted by Gasteiger charge is -2.05. The average Bonchev–Trinajstić information content (AvgIpc) is 2.77. The highest BCUT2D eigenvalue weighted by Gasteiger charge is 2.09. The largest absolute Gasteiger partial charge is 0.390 e. The molecular formula is C13H12FN3OS. The fourth-order valence-corrected chi connectivity index (χ4v) is 2.60. The number of nitriles is 1. The molecule has 0 aliphatic carbocycles. The summed E-state index contributed by atoms with van der Waals surface area (Å²) in [4.78, 5) is 4.18. The highest BCUT2D eigenvalue weighted by molar-refractivity contribution is 7.98. The number of aliphatic hydroxyl groups excluding tert-OH is 1. The van der Waals surface area contributed by atoms with Crippen molar-refractivity contribution >= 4 is 11.8 Å². The van der Waals surface area contributed by atoms with Crippen molar-refractivity contribution in [3.63, 3.8) is 0 Å². The first-order valence-electron chi connectivity index (χ1n) is 5.58. The van der Waals surface area contributed by atoms with E-state index in [-0.39, 0.29) is 6.61 Å².